The topological polar surface area (TPSA) is 92.3 Å². The molecule has 0 unspecified atom stereocenters. The number of nitrogens with one attached hydrogen (secondary N) is 2. The molecule has 2 heterocycles. The zero-order valence-electron chi connectivity index (χ0n) is 17.2. The molecule has 0 bridgehead atoms. The lowest BCUT2D eigenvalue weighted by atomic mass is 10.2. The number of pyridine rings is 1. The van der Waals surface area contributed by atoms with Crippen molar-refractivity contribution in [2.45, 2.75) is 6.92 Å². The van der Waals surface area contributed by atoms with Crippen LogP contribution in [0.5, 0.6) is 11.6 Å². The van der Waals surface area contributed by atoms with Crippen LogP contribution in [0.3, 0.4) is 0 Å². The largest absolute Gasteiger partial charge is 0.439 e. The number of anilines is 3. The van der Waals surface area contributed by atoms with Crippen LogP contribution >= 0.6 is 0 Å². The van der Waals surface area contributed by atoms with E-state index in [9.17, 15) is 4.79 Å². The van der Waals surface area contributed by atoms with Crippen molar-refractivity contribution in [3.8, 4) is 11.6 Å². The van der Waals surface area contributed by atoms with Gasteiger partial charge in [0.1, 0.15) is 29.5 Å². The fourth-order valence-corrected chi connectivity index (χ4v) is 2.51. The van der Waals surface area contributed by atoms with Gasteiger partial charge >= 0.3 is 0 Å². The fraction of sp³-hybridized carbons (Fsp3) is 0.182. The molecule has 30 heavy (non-hydrogen) atoms. The molecule has 0 atom stereocenters. The maximum atomic E-state index is 12.0. The standard InChI is InChI=1S/C22H24N6O2/c1-16-7-4-8-17(13-16)30-22-14-20(23-15-24-22)26-18-9-5-10-19(25-18)27-21(29)11-6-12-28(2)3/h4-11,13-15H,12H2,1-3H3,(H2,23,24,25,26,27,29)/b11-6+. The Morgan fingerprint density at radius 3 is 2.67 bits per heavy atom. The third-order valence-corrected chi connectivity index (χ3v) is 3.85. The molecule has 2 N–H and O–H groups in total. The molecule has 0 aliphatic heterocycles. The summed E-state index contributed by atoms with van der Waals surface area (Å²) in [6, 6.07) is 14.7. The molecule has 0 saturated carbocycles. The first kappa shape index (κ1) is 20.9. The highest BCUT2D eigenvalue weighted by atomic mass is 16.5. The number of rotatable bonds is 8. The number of aromatic nitrogens is 3. The second-order valence-electron chi connectivity index (χ2n) is 6.85. The monoisotopic (exact) mass is 404 g/mol. The molecule has 8 nitrogen and oxygen atoms in total. The highest BCUT2D eigenvalue weighted by Crippen LogP contribution is 2.23. The highest BCUT2D eigenvalue weighted by molar-refractivity contribution is 5.98. The molecule has 0 saturated heterocycles. The average molecular weight is 404 g/mol. The third-order valence-electron chi connectivity index (χ3n) is 3.85. The van der Waals surface area contributed by atoms with E-state index in [1.54, 1.807) is 30.3 Å². The van der Waals surface area contributed by atoms with Crippen molar-refractivity contribution in [1.29, 1.82) is 0 Å². The Labute approximate surface area is 175 Å². The number of ether oxygens (including phenoxy) is 1. The summed E-state index contributed by atoms with van der Waals surface area (Å²) >= 11 is 0. The molecular formula is C22H24N6O2. The summed E-state index contributed by atoms with van der Waals surface area (Å²) < 4.78 is 5.79. The summed E-state index contributed by atoms with van der Waals surface area (Å²) in [4.78, 5) is 26.7. The van der Waals surface area contributed by atoms with Gasteiger partial charge in [-0.15, -0.1) is 0 Å². The number of nitrogens with zero attached hydrogens (tertiary/aromatic N) is 4. The smallest absolute Gasteiger partial charge is 0.249 e. The SMILES string of the molecule is Cc1cccc(Oc2cc(Nc3cccc(NC(=O)/C=C/CN(C)C)n3)ncn2)c1. The van der Waals surface area contributed by atoms with E-state index in [2.05, 4.69) is 25.6 Å². The predicted octanol–water partition coefficient (Wildman–Crippen LogP) is 3.77. The summed E-state index contributed by atoms with van der Waals surface area (Å²) in [5, 5.41) is 5.83. The molecule has 1 aromatic carbocycles. The molecule has 3 rings (SSSR count). The van der Waals surface area contributed by atoms with Gasteiger partial charge in [0.15, 0.2) is 0 Å². The van der Waals surface area contributed by atoms with Gasteiger partial charge in [-0.25, -0.2) is 15.0 Å². The molecule has 0 fully saturated rings. The number of benzene rings is 1. The minimum atomic E-state index is -0.239. The van der Waals surface area contributed by atoms with Gasteiger partial charge in [0.25, 0.3) is 0 Å². The van der Waals surface area contributed by atoms with Crippen molar-refractivity contribution in [3.05, 3.63) is 72.6 Å². The molecule has 0 aliphatic carbocycles. The highest BCUT2D eigenvalue weighted by Gasteiger charge is 2.05. The zero-order valence-corrected chi connectivity index (χ0v) is 17.2. The van der Waals surface area contributed by atoms with Crippen LogP contribution in [0.25, 0.3) is 0 Å². The Morgan fingerprint density at radius 1 is 1.07 bits per heavy atom. The molecular weight excluding hydrogens is 380 g/mol. The minimum Gasteiger partial charge on any atom is -0.439 e. The lowest BCUT2D eigenvalue weighted by Gasteiger charge is -2.09. The fourth-order valence-electron chi connectivity index (χ4n) is 2.51. The van der Waals surface area contributed by atoms with Crippen LogP contribution in [0.4, 0.5) is 17.5 Å². The maximum Gasteiger partial charge on any atom is 0.249 e. The van der Waals surface area contributed by atoms with Crippen molar-refractivity contribution < 1.29 is 9.53 Å². The van der Waals surface area contributed by atoms with Crippen molar-refractivity contribution >= 4 is 23.4 Å². The molecule has 1 amide bonds. The van der Waals surface area contributed by atoms with Crippen LogP contribution in [-0.4, -0.2) is 46.4 Å². The summed E-state index contributed by atoms with van der Waals surface area (Å²) in [5.74, 6) is 2.36. The van der Waals surface area contributed by atoms with Gasteiger partial charge < -0.3 is 20.3 Å². The zero-order chi connectivity index (χ0) is 21.3. The Morgan fingerprint density at radius 2 is 1.87 bits per heavy atom. The summed E-state index contributed by atoms with van der Waals surface area (Å²) in [6.45, 7) is 2.68. The molecule has 8 heteroatoms. The van der Waals surface area contributed by atoms with Gasteiger partial charge in [0, 0.05) is 18.7 Å². The first-order valence-corrected chi connectivity index (χ1v) is 9.41. The Hall–Kier alpha value is -3.78. The van der Waals surface area contributed by atoms with Gasteiger partial charge in [0.05, 0.1) is 0 Å². The van der Waals surface area contributed by atoms with Gasteiger partial charge in [-0.2, -0.15) is 0 Å². The number of hydrogen-bond donors (Lipinski definition) is 2. The van der Waals surface area contributed by atoms with Crippen LogP contribution < -0.4 is 15.4 Å². The van der Waals surface area contributed by atoms with Crippen LogP contribution in [0.1, 0.15) is 5.56 Å². The van der Waals surface area contributed by atoms with Gasteiger partial charge in [-0.1, -0.05) is 24.3 Å². The van der Waals surface area contributed by atoms with Gasteiger partial charge in [0.2, 0.25) is 11.8 Å². The number of carbonyl (C=O) groups is 1. The number of likely N-dealkylation sites (N-methyl/N-ethyl adjacent to an activating group) is 1. The number of amides is 1. The molecule has 0 spiro atoms. The summed E-state index contributed by atoms with van der Waals surface area (Å²) in [5.41, 5.74) is 1.10. The molecule has 0 aliphatic rings. The van der Waals surface area contributed by atoms with E-state index in [1.807, 2.05) is 50.2 Å². The van der Waals surface area contributed by atoms with E-state index < -0.39 is 0 Å². The van der Waals surface area contributed by atoms with Gasteiger partial charge in [-0.05, 0) is 50.8 Å². The minimum absolute atomic E-state index is 0.239. The normalized spacial score (nSPS) is 10.9. The van der Waals surface area contributed by atoms with E-state index in [1.165, 1.54) is 12.4 Å². The van der Waals surface area contributed by atoms with E-state index in [4.69, 9.17) is 4.74 Å². The van der Waals surface area contributed by atoms with Crippen molar-refractivity contribution in [2.75, 3.05) is 31.3 Å². The quantitative estimate of drug-likeness (QED) is 0.552. The van der Waals surface area contributed by atoms with Gasteiger partial charge in [-0.3, -0.25) is 4.79 Å². The second kappa shape index (κ2) is 10.1. The number of carbonyl (C=O) groups excluding carboxylic acids is 1. The Kier molecular flexibility index (Phi) is 7.07. The second-order valence-corrected chi connectivity index (χ2v) is 6.85. The van der Waals surface area contributed by atoms with Crippen molar-refractivity contribution in [1.82, 2.24) is 19.9 Å². The molecule has 2 aromatic heterocycles. The molecule has 0 radical (unpaired) electrons. The first-order valence-electron chi connectivity index (χ1n) is 9.41. The number of hydrogen-bond acceptors (Lipinski definition) is 7. The summed E-state index contributed by atoms with van der Waals surface area (Å²) in [7, 11) is 3.87. The van der Waals surface area contributed by atoms with Crippen LogP contribution in [0.15, 0.2) is 67.0 Å². The summed E-state index contributed by atoms with van der Waals surface area (Å²) in [6.07, 6.45) is 4.68. The van der Waals surface area contributed by atoms with Crippen LogP contribution in [-0.2, 0) is 4.79 Å². The average Bonchev–Trinajstić information content (AvgIpc) is 2.68. The molecule has 154 valence electrons. The van der Waals surface area contributed by atoms with E-state index >= 15 is 0 Å². The first-order chi connectivity index (χ1) is 14.5. The third kappa shape index (κ3) is 6.68. The molecule has 3 aromatic rings. The lowest BCUT2D eigenvalue weighted by Crippen LogP contribution is -2.13. The Balaban J connectivity index is 1.64. The van der Waals surface area contributed by atoms with Crippen molar-refractivity contribution in [2.24, 2.45) is 0 Å². The number of aryl methyl sites for hydroxylation is 1. The predicted molar refractivity (Wildman–Crippen MR) is 117 cm³/mol. The van der Waals surface area contributed by atoms with E-state index in [0.717, 1.165) is 5.56 Å². The van der Waals surface area contributed by atoms with Crippen LogP contribution in [0, 0.1) is 6.92 Å². The Bertz CT molecular complexity index is 1040. The maximum absolute atomic E-state index is 12.0. The van der Waals surface area contributed by atoms with Crippen molar-refractivity contribution in [3.63, 3.8) is 0 Å². The lowest BCUT2D eigenvalue weighted by molar-refractivity contribution is -0.111. The van der Waals surface area contributed by atoms with Crippen LogP contribution in [0.2, 0.25) is 0 Å². The van der Waals surface area contributed by atoms with E-state index in [0.29, 0.717) is 35.6 Å². The van der Waals surface area contributed by atoms with E-state index in [-0.39, 0.29) is 5.91 Å².